The normalized spacial score (nSPS) is 16.9. The van der Waals surface area contributed by atoms with Crippen molar-refractivity contribution in [3.8, 4) is 11.4 Å². The second-order valence-corrected chi connectivity index (χ2v) is 5.18. The lowest BCUT2D eigenvalue weighted by molar-refractivity contribution is 0.788. The molecule has 0 aromatic carbocycles. The van der Waals surface area contributed by atoms with Crippen molar-refractivity contribution in [3.05, 3.63) is 42.7 Å². The van der Waals surface area contributed by atoms with Crippen molar-refractivity contribution < 1.29 is 0 Å². The Morgan fingerprint density at radius 2 is 2.13 bits per heavy atom. The second-order valence-electron chi connectivity index (χ2n) is 5.18. The summed E-state index contributed by atoms with van der Waals surface area (Å²) in [7, 11) is 0. The van der Waals surface area contributed by atoms with Crippen molar-refractivity contribution >= 4 is 11.5 Å². The zero-order valence-corrected chi connectivity index (χ0v) is 13.5. The average molecular weight is 310 g/mol. The second kappa shape index (κ2) is 7.19. The van der Waals surface area contributed by atoms with Gasteiger partial charge in [0.2, 0.25) is 0 Å². The van der Waals surface area contributed by atoms with Crippen molar-refractivity contribution in [3.63, 3.8) is 0 Å². The third-order valence-electron chi connectivity index (χ3n) is 3.70. The third-order valence-corrected chi connectivity index (χ3v) is 3.70. The number of aromatic nitrogens is 4. The Morgan fingerprint density at radius 1 is 1.22 bits per heavy atom. The molecule has 1 atom stereocenters. The smallest absolute Gasteiger partial charge is 0.154 e. The summed E-state index contributed by atoms with van der Waals surface area (Å²) in [5.41, 5.74) is 2.60. The zero-order chi connectivity index (χ0) is 16.1. The number of nitrogens with one attached hydrogen (secondary N) is 2. The van der Waals surface area contributed by atoms with Crippen LogP contribution in [-0.2, 0) is 0 Å². The summed E-state index contributed by atoms with van der Waals surface area (Å²) in [5.74, 6) is 0.895. The largest absolute Gasteiger partial charge is 0.366 e. The molecule has 3 aromatic heterocycles. The van der Waals surface area contributed by atoms with Crippen LogP contribution in [0.3, 0.4) is 0 Å². The number of pyridine rings is 1. The fourth-order valence-corrected chi connectivity index (χ4v) is 2.65. The van der Waals surface area contributed by atoms with Gasteiger partial charge in [-0.05, 0) is 37.2 Å². The predicted molar refractivity (Wildman–Crippen MR) is 92.5 cm³/mol. The van der Waals surface area contributed by atoms with Gasteiger partial charge in [-0.1, -0.05) is 19.9 Å². The van der Waals surface area contributed by atoms with Gasteiger partial charge in [-0.2, -0.15) is 5.10 Å². The van der Waals surface area contributed by atoms with Crippen LogP contribution >= 0.6 is 0 Å². The summed E-state index contributed by atoms with van der Waals surface area (Å²) in [4.78, 5) is 9.05. The third kappa shape index (κ3) is 3.32. The molecule has 1 unspecified atom stereocenters. The highest BCUT2D eigenvalue weighted by Crippen LogP contribution is 2.20. The highest BCUT2D eigenvalue weighted by Gasteiger charge is 2.15. The maximum atomic E-state index is 4.69. The summed E-state index contributed by atoms with van der Waals surface area (Å²) in [6.07, 6.45) is 4.69. The first-order chi connectivity index (χ1) is 11.4. The maximum Gasteiger partial charge on any atom is 0.154 e. The number of rotatable bonds is 3. The number of hydrogen-bond acceptors (Lipinski definition) is 5. The lowest BCUT2D eigenvalue weighted by Crippen LogP contribution is -2.22. The molecule has 0 amide bonds. The first-order valence-electron chi connectivity index (χ1n) is 8.13. The molecule has 0 bridgehead atoms. The Balaban J connectivity index is 0.000000753. The van der Waals surface area contributed by atoms with Crippen molar-refractivity contribution in [2.24, 2.45) is 0 Å². The van der Waals surface area contributed by atoms with E-state index in [-0.39, 0.29) is 0 Å². The van der Waals surface area contributed by atoms with Gasteiger partial charge in [0, 0.05) is 18.8 Å². The van der Waals surface area contributed by atoms with Crippen LogP contribution < -0.4 is 10.6 Å². The van der Waals surface area contributed by atoms with Crippen LogP contribution in [0.4, 0.5) is 5.82 Å². The van der Waals surface area contributed by atoms with Crippen LogP contribution in [0.5, 0.6) is 0 Å². The lowest BCUT2D eigenvalue weighted by atomic mass is 10.2. The molecule has 0 saturated carbocycles. The molecule has 1 fully saturated rings. The Bertz CT molecular complexity index is 760. The van der Waals surface area contributed by atoms with E-state index < -0.39 is 0 Å². The summed E-state index contributed by atoms with van der Waals surface area (Å²) in [6, 6.07) is 10.3. The van der Waals surface area contributed by atoms with Crippen molar-refractivity contribution in [1.29, 1.82) is 0 Å². The number of anilines is 1. The molecule has 1 saturated heterocycles. The molecule has 1 aliphatic heterocycles. The number of nitrogens with zero attached hydrogens (tertiary/aromatic N) is 4. The van der Waals surface area contributed by atoms with Crippen molar-refractivity contribution in [1.82, 2.24) is 24.9 Å². The molecule has 4 rings (SSSR count). The monoisotopic (exact) mass is 310 g/mol. The number of imidazole rings is 1. The van der Waals surface area contributed by atoms with E-state index in [1.807, 2.05) is 54.9 Å². The van der Waals surface area contributed by atoms with Gasteiger partial charge in [0.1, 0.15) is 11.5 Å². The average Bonchev–Trinajstić information content (AvgIpc) is 3.26. The molecule has 2 N–H and O–H groups in total. The van der Waals surface area contributed by atoms with E-state index in [0.29, 0.717) is 6.04 Å². The van der Waals surface area contributed by atoms with E-state index >= 15 is 0 Å². The van der Waals surface area contributed by atoms with E-state index in [1.54, 1.807) is 6.20 Å². The summed E-state index contributed by atoms with van der Waals surface area (Å²) in [6.45, 7) is 6.05. The topological polar surface area (TPSA) is 67.1 Å². The minimum Gasteiger partial charge on any atom is -0.366 e. The fraction of sp³-hybridized carbons (Fsp3) is 0.353. The molecule has 3 aromatic rings. The van der Waals surface area contributed by atoms with Gasteiger partial charge in [0.15, 0.2) is 5.65 Å². The van der Waals surface area contributed by atoms with E-state index in [0.717, 1.165) is 42.4 Å². The number of fused-ring (bicyclic) bond motifs is 1. The highest BCUT2D eigenvalue weighted by molar-refractivity contribution is 5.61. The molecule has 6 heteroatoms. The molecule has 4 heterocycles. The van der Waals surface area contributed by atoms with Crippen LogP contribution in [0.2, 0.25) is 0 Å². The first kappa shape index (κ1) is 15.4. The highest BCUT2D eigenvalue weighted by atomic mass is 15.3. The molecule has 0 radical (unpaired) electrons. The minimum absolute atomic E-state index is 0.452. The summed E-state index contributed by atoms with van der Waals surface area (Å²) < 4.78 is 1.81. The van der Waals surface area contributed by atoms with E-state index in [2.05, 4.69) is 25.7 Å². The molecule has 120 valence electrons. The quantitative estimate of drug-likeness (QED) is 0.778. The first-order valence-corrected chi connectivity index (χ1v) is 8.13. The van der Waals surface area contributed by atoms with Gasteiger partial charge in [-0.15, -0.1) is 0 Å². The van der Waals surface area contributed by atoms with Crippen molar-refractivity contribution in [2.45, 2.75) is 26.3 Å². The molecule has 6 nitrogen and oxygen atoms in total. The van der Waals surface area contributed by atoms with Gasteiger partial charge in [-0.3, -0.25) is 0 Å². The van der Waals surface area contributed by atoms with E-state index in [9.17, 15) is 0 Å². The van der Waals surface area contributed by atoms with Crippen LogP contribution in [0.1, 0.15) is 20.3 Å². The fourth-order valence-electron chi connectivity index (χ4n) is 2.65. The predicted octanol–water partition coefficient (Wildman–Crippen LogP) is 2.59. The van der Waals surface area contributed by atoms with Gasteiger partial charge >= 0.3 is 0 Å². The maximum absolute atomic E-state index is 4.69. The van der Waals surface area contributed by atoms with Crippen LogP contribution in [0.25, 0.3) is 17.0 Å². The van der Waals surface area contributed by atoms with Crippen LogP contribution in [0, 0.1) is 0 Å². The SMILES string of the molecule is CC.c1cc(NC2CCNC2)nc(-c2cnc3cccnn23)c1. The van der Waals surface area contributed by atoms with Crippen LogP contribution in [0.15, 0.2) is 42.7 Å². The standard InChI is InChI=1S/C15H16N6.C2H6/c1-3-12(13-10-17-15-5-2-7-18-21(13)15)20-14(4-1)19-11-6-8-16-9-11;1-2/h1-5,7,10-11,16H,6,8-9H2,(H,19,20);1-2H3. The Morgan fingerprint density at radius 3 is 2.96 bits per heavy atom. The Kier molecular flexibility index (Phi) is 4.83. The molecule has 23 heavy (non-hydrogen) atoms. The summed E-state index contributed by atoms with van der Waals surface area (Å²) in [5, 5.41) is 11.1. The molecular formula is C17H22N6. The molecule has 0 aliphatic carbocycles. The van der Waals surface area contributed by atoms with E-state index in [1.165, 1.54) is 0 Å². The lowest BCUT2D eigenvalue weighted by Gasteiger charge is -2.12. The number of hydrogen-bond donors (Lipinski definition) is 2. The molecule has 1 aliphatic rings. The molecule has 0 spiro atoms. The minimum atomic E-state index is 0.452. The van der Waals surface area contributed by atoms with Crippen LogP contribution in [-0.4, -0.2) is 38.7 Å². The summed E-state index contributed by atoms with van der Waals surface area (Å²) >= 11 is 0. The van der Waals surface area contributed by atoms with Gasteiger partial charge in [0.05, 0.1) is 11.9 Å². The Hall–Kier alpha value is -2.47. The van der Waals surface area contributed by atoms with Crippen molar-refractivity contribution in [2.75, 3.05) is 18.4 Å². The van der Waals surface area contributed by atoms with Gasteiger partial charge in [-0.25, -0.2) is 14.5 Å². The zero-order valence-electron chi connectivity index (χ0n) is 13.5. The van der Waals surface area contributed by atoms with Gasteiger partial charge in [0.25, 0.3) is 0 Å². The molecular weight excluding hydrogens is 288 g/mol. The van der Waals surface area contributed by atoms with E-state index in [4.69, 9.17) is 0 Å². The Labute approximate surface area is 136 Å². The van der Waals surface area contributed by atoms with Gasteiger partial charge < -0.3 is 10.6 Å².